The van der Waals surface area contributed by atoms with E-state index in [0.29, 0.717) is 30.1 Å². The van der Waals surface area contributed by atoms with Gasteiger partial charge in [0.2, 0.25) is 10.0 Å². The zero-order valence-electron chi connectivity index (χ0n) is 19.2. The van der Waals surface area contributed by atoms with E-state index in [-0.39, 0.29) is 11.0 Å². The van der Waals surface area contributed by atoms with Crippen LogP contribution in [-0.2, 0) is 27.7 Å². The summed E-state index contributed by atoms with van der Waals surface area (Å²) in [6.45, 7) is 5.85. The molecular formula is C24H29N3O4S2. The second kappa shape index (κ2) is 9.89. The molecule has 1 aromatic heterocycles. The molecule has 7 nitrogen and oxygen atoms in total. The Hall–Kier alpha value is -2.33. The maximum atomic E-state index is 12.9. The summed E-state index contributed by atoms with van der Waals surface area (Å²) >= 11 is 1.49. The summed E-state index contributed by atoms with van der Waals surface area (Å²) in [6, 6.07) is 12.2. The van der Waals surface area contributed by atoms with Crippen molar-refractivity contribution < 1.29 is 17.9 Å². The Labute approximate surface area is 198 Å². The van der Waals surface area contributed by atoms with Crippen molar-refractivity contribution in [3.05, 3.63) is 58.4 Å². The Kier molecular flexibility index (Phi) is 7.13. The van der Waals surface area contributed by atoms with Crippen LogP contribution in [0.15, 0.2) is 52.4 Å². The first-order valence-corrected chi connectivity index (χ1v) is 13.5. The lowest BCUT2D eigenvalue weighted by molar-refractivity contribution is 0.0979. The topological polar surface area (TPSA) is 81.0 Å². The number of aryl methyl sites for hydroxylation is 2. The van der Waals surface area contributed by atoms with Crippen molar-refractivity contribution in [1.82, 2.24) is 8.87 Å². The molecule has 2 aromatic carbocycles. The Morgan fingerprint density at radius 1 is 1.21 bits per heavy atom. The van der Waals surface area contributed by atoms with Gasteiger partial charge in [-0.15, -0.1) is 0 Å². The van der Waals surface area contributed by atoms with Crippen molar-refractivity contribution in [2.24, 2.45) is 4.99 Å². The number of hydrogen-bond acceptors (Lipinski definition) is 5. The molecule has 0 aliphatic carbocycles. The summed E-state index contributed by atoms with van der Waals surface area (Å²) in [5, 5.41) is 0. The van der Waals surface area contributed by atoms with Crippen LogP contribution in [0.4, 0.5) is 0 Å². The van der Waals surface area contributed by atoms with Crippen LogP contribution in [0.5, 0.6) is 0 Å². The predicted molar refractivity (Wildman–Crippen MR) is 130 cm³/mol. The summed E-state index contributed by atoms with van der Waals surface area (Å²) in [5.74, 6) is -0.390. The lowest BCUT2D eigenvalue weighted by Crippen LogP contribution is -2.34. The largest absolute Gasteiger partial charge is 0.377 e. The minimum atomic E-state index is -3.65. The lowest BCUT2D eigenvalue weighted by Gasteiger charge is -2.20. The molecule has 4 rings (SSSR count). The molecule has 0 spiro atoms. The lowest BCUT2D eigenvalue weighted by atomic mass is 10.1. The maximum absolute atomic E-state index is 12.9. The SMILES string of the molecule is CCc1cccc2sc(=NC(=O)c3ccc(S(=O)(=O)N(C)CC4CCCO4)cc3)n(CC)c12. The van der Waals surface area contributed by atoms with Crippen molar-refractivity contribution >= 4 is 37.5 Å². The second-order valence-electron chi connectivity index (χ2n) is 8.11. The minimum Gasteiger partial charge on any atom is -0.377 e. The standard InChI is InChI=1S/C24H29N3O4S2/c1-4-17-8-6-10-21-22(17)27(5-2)24(32-21)25-23(28)18-11-13-20(14-12-18)33(29,30)26(3)16-19-9-7-15-31-19/h6,8,10-14,19H,4-5,7,9,15-16H2,1-3H3. The molecule has 1 atom stereocenters. The third kappa shape index (κ3) is 4.82. The first kappa shape index (κ1) is 23.8. The van der Waals surface area contributed by atoms with Crippen molar-refractivity contribution in [2.75, 3.05) is 20.2 Å². The number of rotatable bonds is 7. The van der Waals surface area contributed by atoms with Gasteiger partial charge in [-0.2, -0.15) is 9.30 Å². The van der Waals surface area contributed by atoms with Crippen LogP contribution < -0.4 is 4.80 Å². The number of thiazole rings is 1. The molecule has 33 heavy (non-hydrogen) atoms. The van der Waals surface area contributed by atoms with Crippen LogP contribution in [0.1, 0.15) is 42.6 Å². The van der Waals surface area contributed by atoms with E-state index in [1.165, 1.54) is 45.5 Å². The number of ether oxygens (including phenoxy) is 1. The number of aromatic nitrogens is 1. The average Bonchev–Trinajstić information content (AvgIpc) is 3.45. The van der Waals surface area contributed by atoms with Crippen LogP contribution in [0, 0.1) is 0 Å². The van der Waals surface area contributed by atoms with E-state index >= 15 is 0 Å². The summed E-state index contributed by atoms with van der Waals surface area (Å²) in [5.41, 5.74) is 2.70. The molecule has 9 heteroatoms. The highest BCUT2D eigenvalue weighted by atomic mass is 32.2. The van der Waals surface area contributed by atoms with Gasteiger partial charge >= 0.3 is 0 Å². The Morgan fingerprint density at radius 3 is 2.61 bits per heavy atom. The van der Waals surface area contributed by atoms with Crippen molar-refractivity contribution in [1.29, 1.82) is 0 Å². The van der Waals surface area contributed by atoms with Crippen LogP contribution in [0.3, 0.4) is 0 Å². The van der Waals surface area contributed by atoms with E-state index in [1.54, 1.807) is 7.05 Å². The zero-order chi connectivity index (χ0) is 23.6. The third-order valence-electron chi connectivity index (χ3n) is 5.97. The van der Waals surface area contributed by atoms with Gasteiger partial charge in [0.1, 0.15) is 0 Å². The molecule has 1 saturated heterocycles. The van der Waals surface area contributed by atoms with Gasteiger partial charge in [0.05, 0.1) is 21.2 Å². The third-order valence-corrected chi connectivity index (χ3v) is 8.85. The van der Waals surface area contributed by atoms with Crippen molar-refractivity contribution in [2.45, 2.75) is 50.7 Å². The minimum absolute atomic E-state index is 0.0655. The molecule has 3 aromatic rings. The number of benzene rings is 2. The number of para-hydroxylation sites is 1. The highest BCUT2D eigenvalue weighted by Gasteiger charge is 2.26. The fourth-order valence-electron chi connectivity index (χ4n) is 4.14. The van der Waals surface area contributed by atoms with E-state index in [2.05, 4.69) is 22.5 Å². The summed E-state index contributed by atoms with van der Waals surface area (Å²) in [7, 11) is -2.10. The molecular weight excluding hydrogens is 458 g/mol. The average molecular weight is 488 g/mol. The van der Waals surface area contributed by atoms with Gasteiger partial charge < -0.3 is 9.30 Å². The Balaban J connectivity index is 1.59. The van der Waals surface area contributed by atoms with Crippen LogP contribution >= 0.6 is 11.3 Å². The molecule has 2 heterocycles. The highest BCUT2D eigenvalue weighted by molar-refractivity contribution is 7.89. The number of likely N-dealkylation sites (N-methyl/N-ethyl adjacent to an activating group) is 1. The Morgan fingerprint density at radius 2 is 1.97 bits per heavy atom. The molecule has 0 radical (unpaired) electrons. The molecule has 0 N–H and O–H groups in total. The van der Waals surface area contributed by atoms with Gasteiger partial charge in [0.25, 0.3) is 5.91 Å². The van der Waals surface area contributed by atoms with Crippen LogP contribution in [0.2, 0.25) is 0 Å². The summed E-state index contributed by atoms with van der Waals surface area (Å²) in [4.78, 5) is 18.1. The van der Waals surface area contributed by atoms with E-state index in [0.717, 1.165) is 29.5 Å². The smallest absolute Gasteiger partial charge is 0.279 e. The summed E-state index contributed by atoms with van der Waals surface area (Å²) < 4.78 is 35.8. The first-order chi connectivity index (χ1) is 15.8. The van der Waals surface area contributed by atoms with Crippen LogP contribution in [-0.4, -0.2) is 49.5 Å². The molecule has 1 aliphatic heterocycles. The monoisotopic (exact) mass is 487 g/mol. The number of carbonyl (C=O) groups excluding carboxylic acids is 1. The molecule has 1 amide bonds. The first-order valence-electron chi connectivity index (χ1n) is 11.2. The summed E-state index contributed by atoms with van der Waals surface area (Å²) in [6.07, 6.45) is 2.66. The van der Waals surface area contributed by atoms with E-state index in [9.17, 15) is 13.2 Å². The van der Waals surface area contributed by atoms with Crippen molar-refractivity contribution in [3.8, 4) is 0 Å². The molecule has 0 bridgehead atoms. The molecule has 1 fully saturated rings. The van der Waals surface area contributed by atoms with Gasteiger partial charge in [-0.1, -0.05) is 30.4 Å². The zero-order valence-corrected chi connectivity index (χ0v) is 20.8. The second-order valence-corrected chi connectivity index (χ2v) is 11.2. The number of hydrogen-bond donors (Lipinski definition) is 0. The number of fused-ring (bicyclic) bond motifs is 1. The van der Waals surface area contributed by atoms with E-state index in [4.69, 9.17) is 4.74 Å². The van der Waals surface area contributed by atoms with Gasteiger partial charge in [0, 0.05) is 32.3 Å². The number of carbonyl (C=O) groups is 1. The number of nitrogens with zero attached hydrogens (tertiary/aromatic N) is 3. The normalized spacial score (nSPS) is 17.3. The highest BCUT2D eigenvalue weighted by Crippen LogP contribution is 2.23. The van der Waals surface area contributed by atoms with E-state index in [1.807, 2.05) is 19.1 Å². The molecule has 1 unspecified atom stereocenters. The quantitative estimate of drug-likeness (QED) is 0.507. The molecule has 0 saturated carbocycles. The van der Waals surface area contributed by atoms with Crippen molar-refractivity contribution in [3.63, 3.8) is 0 Å². The predicted octanol–water partition coefficient (Wildman–Crippen LogP) is 3.83. The number of sulfonamides is 1. The van der Waals surface area contributed by atoms with Gasteiger partial charge in [0.15, 0.2) is 4.80 Å². The van der Waals surface area contributed by atoms with Crippen LogP contribution in [0.25, 0.3) is 10.2 Å². The fourth-order valence-corrected chi connectivity index (χ4v) is 6.48. The molecule has 176 valence electrons. The van der Waals surface area contributed by atoms with Gasteiger partial charge in [-0.25, -0.2) is 8.42 Å². The fraction of sp³-hybridized carbons (Fsp3) is 0.417. The van der Waals surface area contributed by atoms with Gasteiger partial charge in [-0.3, -0.25) is 4.79 Å². The maximum Gasteiger partial charge on any atom is 0.279 e. The Bertz CT molecular complexity index is 1320. The number of amides is 1. The van der Waals surface area contributed by atoms with Gasteiger partial charge in [-0.05, 0) is 62.1 Å². The molecule has 1 aliphatic rings. The van der Waals surface area contributed by atoms with E-state index < -0.39 is 15.9 Å².